The van der Waals surface area contributed by atoms with Crippen molar-refractivity contribution < 1.29 is 5.11 Å². The van der Waals surface area contributed by atoms with Gasteiger partial charge in [0.2, 0.25) is 0 Å². The van der Waals surface area contributed by atoms with Crippen molar-refractivity contribution in [2.75, 3.05) is 0 Å². The summed E-state index contributed by atoms with van der Waals surface area (Å²) in [5.41, 5.74) is 1.80. The first-order valence-corrected chi connectivity index (χ1v) is 11.4. The van der Waals surface area contributed by atoms with E-state index in [1.165, 1.54) is 56.9 Å². The first-order valence-electron chi connectivity index (χ1n) is 11.4. The molecule has 0 aromatic heterocycles. The zero-order valence-corrected chi connectivity index (χ0v) is 18.0. The van der Waals surface area contributed by atoms with Crippen molar-refractivity contribution in [2.24, 2.45) is 29.1 Å². The summed E-state index contributed by atoms with van der Waals surface area (Å²) in [6.07, 6.45) is 11.2. The van der Waals surface area contributed by atoms with Gasteiger partial charge in [-0.3, -0.25) is 0 Å². The third-order valence-corrected chi connectivity index (χ3v) is 7.83. The van der Waals surface area contributed by atoms with E-state index in [1.54, 1.807) is 12.1 Å². The van der Waals surface area contributed by atoms with Gasteiger partial charge in [-0.2, -0.15) is 0 Å². The molecular formula is C25H41NO. The van der Waals surface area contributed by atoms with Crippen molar-refractivity contribution in [1.29, 1.82) is 0 Å². The fourth-order valence-electron chi connectivity index (χ4n) is 6.32. The zero-order chi connectivity index (χ0) is 19.4. The van der Waals surface area contributed by atoms with Gasteiger partial charge in [-0.1, -0.05) is 65.5 Å². The predicted molar refractivity (Wildman–Crippen MR) is 115 cm³/mol. The second-order valence-corrected chi connectivity index (χ2v) is 10.1. The molecule has 2 N–H and O–H groups in total. The molecule has 2 fully saturated rings. The first-order chi connectivity index (χ1) is 12.9. The Labute approximate surface area is 167 Å². The Kier molecular flexibility index (Phi) is 6.89. The van der Waals surface area contributed by atoms with Gasteiger partial charge in [0.25, 0.3) is 0 Å². The van der Waals surface area contributed by atoms with Crippen LogP contribution in [0.1, 0.15) is 84.6 Å². The number of phenols is 1. The number of rotatable bonds is 8. The molecule has 2 aliphatic rings. The number of hydrogen-bond donors (Lipinski definition) is 2. The van der Waals surface area contributed by atoms with Crippen LogP contribution in [0.2, 0.25) is 0 Å². The minimum absolute atomic E-state index is 0.356. The van der Waals surface area contributed by atoms with Crippen LogP contribution < -0.4 is 5.32 Å². The largest absolute Gasteiger partial charge is 0.508 e. The van der Waals surface area contributed by atoms with Crippen LogP contribution >= 0.6 is 0 Å². The van der Waals surface area contributed by atoms with E-state index in [4.69, 9.17) is 0 Å². The molecule has 0 aliphatic heterocycles. The third-order valence-electron chi connectivity index (χ3n) is 7.83. The summed E-state index contributed by atoms with van der Waals surface area (Å²) in [4.78, 5) is 0. The van der Waals surface area contributed by atoms with Crippen molar-refractivity contribution in [3.8, 4) is 5.75 Å². The van der Waals surface area contributed by atoms with Crippen molar-refractivity contribution in [2.45, 2.75) is 91.6 Å². The molecule has 1 aromatic rings. The maximum atomic E-state index is 9.48. The summed E-state index contributed by atoms with van der Waals surface area (Å²) >= 11 is 0. The molecule has 2 saturated carbocycles. The van der Waals surface area contributed by atoms with Gasteiger partial charge in [0, 0.05) is 12.6 Å². The van der Waals surface area contributed by atoms with Gasteiger partial charge < -0.3 is 10.4 Å². The molecule has 2 heteroatoms. The van der Waals surface area contributed by atoms with Gasteiger partial charge in [-0.05, 0) is 72.5 Å². The van der Waals surface area contributed by atoms with Gasteiger partial charge in [0.15, 0.2) is 0 Å². The summed E-state index contributed by atoms with van der Waals surface area (Å²) < 4.78 is 0. The van der Waals surface area contributed by atoms with Gasteiger partial charge in [0.05, 0.1) is 0 Å². The smallest absolute Gasteiger partial charge is 0.115 e. The summed E-state index contributed by atoms with van der Waals surface area (Å²) in [6, 6.07) is 8.33. The minimum atomic E-state index is 0.356. The summed E-state index contributed by atoms with van der Waals surface area (Å²) in [6.45, 7) is 10.8. The van der Waals surface area contributed by atoms with E-state index >= 15 is 0 Å². The lowest BCUT2D eigenvalue weighted by Gasteiger charge is -2.47. The van der Waals surface area contributed by atoms with E-state index in [0.717, 1.165) is 30.2 Å². The van der Waals surface area contributed by atoms with E-state index in [-0.39, 0.29) is 0 Å². The number of aromatic hydroxyl groups is 1. The number of phenolic OH excluding ortho intramolecular Hbond substituents is 1. The molecule has 1 aromatic carbocycles. The minimum Gasteiger partial charge on any atom is -0.508 e. The van der Waals surface area contributed by atoms with Crippen molar-refractivity contribution in [1.82, 2.24) is 5.32 Å². The highest BCUT2D eigenvalue weighted by molar-refractivity contribution is 5.25. The SMILES string of the molecule is CC(C)CCC[C@@H](C)[C@H]1CC[C@H]2[C@@H](NCc3ccc(O)cc3)CCC[C@]12C. The van der Waals surface area contributed by atoms with E-state index < -0.39 is 0 Å². The van der Waals surface area contributed by atoms with Crippen molar-refractivity contribution in [3.05, 3.63) is 29.8 Å². The molecule has 3 rings (SSSR count). The first kappa shape index (κ1) is 20.7. The zero-order valence-electron chi connectivity index (χ0n) is 18.0. The molecule has 152 valence electrons. The molecule has 0 spiro atoms. The van der Waals surface area contributed by atoms with E-state index in [1.807, 2.05) is 12.1 Å². The van der Waals surface area contributed by atoms with Crippen LogP contribution in [0.4, 0.5) is 0 Å². The van der Waals surface area contributed by atoms with Crippen molar-refractivity contribution in [3.63, 3.8) is 0 Å². The van der Waals surface area contributed by atoms with Crippen LogP contribution in [0.15, 0.2) is 24.3 Å². The normalized spacial score (nSPS) is 31.8. The average Bonchev–Trinajstić information content (AvgIpc) is 2.98. The monoisotopic (exact) mass is 371 g/mol. The van der Waals surface area contributed by atoms with E-state index in [0.29, 0.717) is 17.2 Å². The van der Waals surface area contributed by atoms with Gasteiger partial charge in [0.1, 0.15) is 5.75 Å². The Morgan fingerprint density at radius 2 is 1.81 bits per heavy atom. The van der Waals surface area contributed by atoms with Gasteiger partial charge >= 0.3 is 0 Å². The Morgan fingerprint density at radius 3 is 2.52 bits per heavy atom. The molecule has 0 amide bonds. The molecule has 0 radical (unpaired) electrons. The van der Waals surface area contributed by atoms with Crippen LogP contribution in [0.5, 0.6) is 5.75 Å². The fourth-order valence-corrected chi connectivity index (χ4v) is 6.32. The highest BCUT2D eigenvalue weighted by Crippen LogP contribution is 2.58. The lowest BCUT2D eigenvalue weighted by molar-refractivity contribution is 0.0430. The number of hydrogen-bond acceptors (Lipinski definition) is 2. The molecule has 5 atom stereocenters. The second kappa shape index (κ2) is 8.99. The maximum absolute atomic E-state index is 9.48. The summed E-state index contributed by atoms with van der Waals surface area (Å²) in [7, 11) is 0. The molecule has 0 saturated heterocycles. The van der Waals surface area contributed by atoms with E-state index in [9.17, 15) is 5.11 Å². The van der Waals surface area contributed by atoms with Gasteiger partial charge in [-0.25, -0.2) is 0 Å². The number of fused-ring (bicyclic) bond motifs is 1. The quantitative estimate of drug-likeness (QED) is 0.544. The van der Waals surface area contributed by atoms with Crippen molar-refractivity contribution >= 4 is 0 Å². The van der Waals surface area contributed by atoms with Crippen LogP contribution in [0.3, 0.4) is 0 Å². The molecule has 27 heavy (non-hydrogen) atoms. The summed E-state index contributed by atoms with van der Waals surface area (Å²) in [5, 5.41) is 13.4. The third kappa shape index (κ3) is 4.88. The maximum Gasteiger partial charge on any atom is 0.115 e. The van der Waals surface area contributed by atoms with Gasteiger partial charge in [-0.15, -0.1) is 0 Å². The number of nitrogens with one attached hydrogen (secondary N) is 1. The highest BCUT2D eigenvalue weighted by Gasteiger charge is 2.52. The fraction of sp³-hybridized carbons (Fsp3) is 0.760. The Morgan fingerprint density at radius 1 is 1.07 bits per heavy atom. The lowest BCUT2D eigenvalue weighted by Crippen LogP contribution is -2.47. The Bertz CT molecular complexity index is 580. The molecular weight excluding hydrogens is 330 g/mol. The lowest BCUT2D eigenvalue weighted by atomic mass is 9.60. The molecule has 0 bridgehead atoms. The van der Waals surface area contributed by atoms with Crippen LogP contribution in [-0.4, -0.2) is 11.1 Å². The highest BCUT2D eigenvalue weighted by atomic mass is 16.3. The Hall–Kier alpha value is -1.02. The van der Waals surface area contributed by atoms with Crippen LogP contribution in [-0.2, 0) is 6.54 Å². The summed E-state index contributed by atoms with van der Waals surface area (Å²) in [5.74, 6) is 3.81. The number of benzene rings is 1. The molecule has 0 unspecified atom stereocenters. The molecule has 0 heterocycles. The molecule has 2 nitrogen and oxygen atoms in total. The standard InChI is InChI=1S/C25H41NO/c1-18(2)7-5-8-19(3)22-14-15-23-24(9-6-16-25(22,23)4)26-17-20-10-12-21(27)13-11-20/h10-13,18-19,22-24,26-27H,5-9,14-17H2,1-4H3/t19-,22-,23+,24+,25-/m1/s1. The topological polar surface area (TPSA) is 32.3 Å². The van der Waals surface area contributed by atoms with Crippen LogP contribution in [0, 0.1) is 29.1 Å². The Balaban J connectivity index is 1.58. The molecule has 2 aliphatic carbocycles. The second-order valence-electron chi connectivity index (χ2n) is 10.1. The van der Waals surface area contributed by atoms with Crippen LogP contribution in [0.25, 0.3) is 0 Å². The average molecular weight is 372 g/mol. The predicted octanol–water partition coefficient (Wildman–Crippen LogP) is 6.53. The van der Waals surface area contributed by atoms with E-state index in [2.05, 4.69) is 33.0 Å².